The molecule has 1 unspecified atom stereocenters. The summed E-state index contributed by atoms with van der Waals surface area (Å²) in [7, 11) is 0. The summed E-state index contributed by atoms with van der Waals surface area (Å²) in [5, 5.41) is 2.86. The molecule has 0 saturated carbocycles. The van der Waals surface area contributed by atoms with Gasteiger partial charge in [0.2, 0.25) is 0 Å². The molecule has 0 spiro atoms. The number of rotatable bonds is 6. The van der Waals surface area contributed by atoms with Gasteiger partial charge in [0.25, 0.3) is 5.91 Å². The van der Waals surface area contributed by atoms with E-state index < -0.39 is 0 Å². The van der Waals surface area contributed by atoms with E-state index >= 15 is 0 Å². The molecule has 3 N–H and O–H groups in total. The van der Waals surface area contributed by atoms with E-state index in [1.54, 1.807) is 0 Å². The number of nitrogens with two attached hydrogens (primary N) is 1. The zero-order valence-corrected chi connectivity index (χ0v) is 11.9. The molecular weight excluding hydrogens is 248 g/mol. The van der Waals surface area contributed by atoms with Gasteiger partial charge in [-0.15, -0.1) is 12.4 Å². The van der Waals surface area contributed by atoms with Crippen molar-refractivity contribution in [2.24, 2.45) is 5.73 Å². The van der Waals surface area contributed by atoms with Gasteiger partial charge in [0.05, 0.1) is 0 Å². The highest BCUT2D eigenvalue weighted by atomic mass is 35.5. The standard InChI is InChI=1S/C14H22N2O.ClH/c1-3-4-12-5-7-13(8-6-12)14(17)16-10-9-11(2)15;/h5-8,11H,3-4,9-10,15H2,1-2H3,(H,16,17);1H. The highest BCUT2D eigenvalue weighted by Gasteiger charge is 2.04. The summed E-state index contributed by atoms with van der Waals surface area (Å²) in [5.74, 6) is -0.0197. The molecule has 0 saturated heterocycles. The van der Waals surface area contributed by atoms with Crippen molar-refractivity contribution in [2.75, 3.05) is 6.54 Å². The maximum absolute atomic E-state index is 11.7. The normalized spacial score (nSPS) is 11.5. The smallest absolute Gasteiger partial charge is 0.251 e. The molecule has 0 aromatic heterocycles. The molecule has 1 aromatic carbocycles. The van der Waals surface area contributed by atoms with Crippen LogP contribution in [-0.4, -0.2) is 18.5 Å². The van der Waals surface area contributed by atoms with Crippen LogP contribution in [0, 0.1) is 0 Å². The lowest BCUT2D eigenvalue weighted by atomic mass is 10.1. The molecule has 18 heavy (non-hydrogen) atoms. The lowest BCUT2D eigenvalue weighted by molar-refractivity contribution is 0.0953. The van der Waals surface area contributed by atoms with Crippen molar-refractivity contribution in [3.05, 3.63) is 35.4 Å². The van der Waals surface area contributed by atoms with Crippen LogP contribution >= 0.6 is 12.4 Å². The van der Waals surface area contributed by atoms with Crippen LogP contribution in [0.5, 0.6) is 0 Å². The Hall–Kier alpha value is -1.06. The number of carbonyl (C=O) groups excluding carboxylic acids is 1. The minimum absolute atomic E-state index is 0. The van der Waals surface area contributed by atoms with Crippen LogP contribution < -0.4 is 11.1 Å². The minimum atomic E-state index is -0.0197. The lowest BCUT2D eigenvalue weighted by Gasteiger charge is -2.07. The van der Waals surface area contributed by atoms with E-state index in [1.165, 1.54) is 5.56 Å². The Labute approximate surface area is 116 Å². The Morgan fingerprint density at radius 3 is 2.44 bits per heavy atom. The molecule has 3 nitrogen and oxygen atoms in total. The molecule has 4 heteroatoms. The van der Waals surface area contributed by atoms with Crippen LogP contribution in [0.25, 0.3) is 0 Å². The second-order valence-electron chi connectivity index (χ2n) is 4.47. The molecule has 1 atom stereocenters. The fourth-order valence-electron chi connectivity index (χ4n) is 1.63. The molecule has 1 rings (SSSR count). The van der Waals surface area contributed by atoms with Gasteiger partial charge in [-0.1, -0.05) is 25.5 Å². The quantitative estimate of drug-likeness (QED) is 0.835. The fraction of sp³-hybridized carbons (Fsp3) is 0.500. The number of hydrogen-bond acceptors (Lipinski definition) is 2. The molecule has 0 aliphatic heterocycles. The van der Waals surface area contributed by atoms with E-state index in [-0.39, 0.29) is 24.4 Å². The van der Waals surface area contributed by atoms with Crippen molar-refractivity contribution in [3.8, 4) is 0 Å². The summed E-state index contributed by atoms with van der Waals surface area (Å²) in [6, 6.07) is 7.93. The first-order valence-electron chi connectivity index (χ1n) is 6.26. The summed E-state index contributed by atoms with van der Waals surface area (Å²) in [6.45, 7) is 4.72. The van der Waals surface area contributed by atoms with Crippen molar-refractivity contribution in [1.82, 2.24) is 5.32 Å². The van der Waals surface area contributed by atoms with Crippen molar-refractivity contribution in [1.29, 1.82) is 0 Å². The number of aryl methyl sites for hydroxylation is 1. The van der Waals surface area contributed by atoms with E-state index in [4.69, 9.17) is 5.73 Å². The molecule has 0 bridgehead atoms. The van der Waals surface area contributed by atoms with Gasteiger partial charge in [0.15, 0.2) is 0 Å². The van der Waals surface area contributed by atoms with Gasteiger partial charge in [0.1, 0.15) is 0 Å². The minimum Gasteiger partial charge on any atom is -0.352 e. The number of halogens is 1. The van der Waals surface area contributed by atoms with Gasteiger partial charge in [-0.2, -0.15) is 0 Å². The topological polar surface area (TPSA) is 55.1 Å². The van der Waals surface area contributed by atoms with Crippen LogP contribution in [0.1, 0.15) is 42.6 Å². The highest BCUT2D eigenvalue weighted by Crippen LogP contribution is 2.06. The maximum atomic E-state index is 11.7. The summed E-state index contributed by atoms with van der Waals surface area (Å²) in [4.78, 5) is 11.7. The molecule has 1 aromatic rings. The number of nitrogens with one attached hydrogen (secondary N) is 1. The lowest BCUT2D eigenvalue weighted by Crippen LogP contribution is -2.28. The molecule has 0 heterocycles. The van der Waals surface area contributed by atoms with Crippen LogP contribution in [0.3, 0.4) is 0 Å². The largest absolute Gasteiger partial charge is 0.352 e. The molecule has 0 aliphatic carbocycles. The number of carbonyl (C=O) groups is 1. The summed E-state index contributed by atoms with van der Waals surface area (Å²) >= 11 is 0. The maximum Gasteiger partial charge on any atom is 0.251 e. The average Bonchev–Trinajstić information content (AvgIpc) is 2.30. The third-order valence-corrected chi connectivity index (χ3v) is 2.64. The van der Waals surface area contributed by atoms with E-state index in [1.807, 2.05) is 31.2 Å². The van der Waals surface area contributed by atoms with Gasteiger partial charge in [-0.05, 0) is 37.5 Å². The van der Waals surface area contributed by atoms with Crippen LogP contribution in [0.15, 0.2) is 24.3 Å². The van der Waals surface area contributed by atoms with Crippen molar-refractivity contribution >= 4 is 18.3 Å². The first-order valence-corrected chi connectivity index (χ1v) is 6.26. The number of benzene rings is 1. The van der Waals surface area contributed by atoms with Gasteiger partial charge >= 0.3 is 0 Å². The fourth-order valence-corrected chi connectivity index (χ4v) is 1.63. The predicted molar refractivity (Wildman–Crippen MR) is 78.3 cm³/mol. The van der Waals surface area contributed by atoms with Crippen LogP contribution in [-0.2, 0) is 6.42 Å². The first kappa shape index (κ1) is 16.9. The molecular formula is C14H23ClN2O. The second-order valence-corrected chi connectivity index (χ2v) is 4.47. The third-order valence-electron chi connectivity index (χ3n) is 2.64. The molecule has 0 radical (unpaired) electrons. The Balaban J connectivity index is 0.00000289. The molecule has 102 valence electrons. The summed E-state index contributed by atoms with van der Waals surface area (Å²) in [5.41, 5.74) is 7.61. The van der Waals surface area contributed by atoms with Crippen LogP contribution in [0.4, 0.5) is 0 Å². The molecule has 0 fully saturated rings. The monoisotopic (exact) mass is 270 g/mol. The van der Waals surface area contributed by atoms with Gasteiger partial charge < -0.3 is 11.1 Å². The van der Waals surface area contributed by atoms with Gasteiger partial charge in [-0.3, -0.25) is 4.79 Å². The molecule has 1 amide bonds. The average molecular weight is 271 g/mol. The Bertz CT molecular complexity index is 349. The number of amides is 1. The summed E-state index contributed by atoms with van der Waals surface area (Å²) in [6.07, 6.45) is 2.99. The first-order chi connectivity index (χ1) is 8.13. The molecule has 0 aliphatic rings. The zero-order valence-electron chi connectivity index (χ0n) is 11.1. The SMILES string of the molecule is CCCc1ccc(C(=O)NCCC(C)N)cc1.Cl. The van der Waals surface area contributed by atoms with E-state index in [9.17, 15) is 4.79 Å². The van der Waals surface area contributed by atoms with Crippen molar-refractivity contribution in [3.63, 3.8) is 0 Å². The third kappa shape index (κ3) is 6.03. The van der Waals surface area contributed by atoms with E-state index in [2.05, 4.69) is 12.2 Å². The van der Waals surface area contributed by atoms with Crippen LogP contribution in [0.2, 0.25) is 0 Å². The second kappa shape index (κ2) is 8.95. The Morgan fingerprint density at radius 2 is 1.94 bits per heavy atom. The Kier molecular flexibility index (Phi) is 8.42. The van der Waals surface area contributed by atoms with Crippen molar-refractivity contribution in [2.45, 2.75) is 39.2 Å². The van der Waals surface area contributed by atoms with Crippen molar-refractivity contribution < 1.29 is 4.79 Å². The Morgan fingerprint density at radius 1 is 1.33 bits per heavy atom. The predicted octanol–water partition coefficient (Wildman–Crippen LogP) is 2.53. The van der Waals surface area contributed by atoms with Gasteiger partial charge in [-0.25, -0.2) is 0 Å². The summed E-state index contributed by atoms with van der Waals surface area (Å²) < 4.78 is 0. The highest BCUT2D eigenvalue weighted by molar-refractivity contribution is 5.94. The van der Waals surface area contributed by atoms with E-state index in [0.29, 0.717) is 6.54 Å². The van der Waals surface area contributed by atoms with Gasteiger partial charge in [0, 0.05) is 18.2 Å². The zero-order chi connectivity index (χ0) is 12.7. The number of hydrogen-bond donors (Lipinski definition) is 2. The van der Waals surface area contributed by atoms with E-state index in [0.717, 1.165) is 24.8 Å².